The van der Waals surface area contributed by atoms with Gasteiger partial charge < -0.3 is 5.32 Å². The zero-order valence-electron chi connectivity index (χ0n) is 14.1. The van der Waals surface area contributed by atoms with Gasteiger partial charge in [-0.15, -0.1) is 0 Å². The van der Waals surface area contributed by atoms with Crippen LogP contribution < -0.4 is 5.32 Å². The van der Waals surface area contributed by atoms with Gasteiger partial charge in [-0.2, -0.15) is 5.26 Å². The molecule has 0 aliphatic rings. The second-order valence-electron chi connectivity index (χ2n) is 5.81. The summed E-state index contributed by atoms with van der Waals surface area (Å²) < 4.78 is 0. The van der Waals surface area contributed by atoms with E-state index in [9.17, 15) is 15.4 Å². The number of nitrogens with one attached hydrogen (secondary N) is 1. The van der Waals surface area contributed by atoms with Crippen LogP contribution in [0.5, 0.6) is 0 Å². The summed E-state index contributed by atoms with van der Waals surface area (Å²) in [6.07, 6.45) is 1.15. The molecule has 0 amide bonds. The Morgan fingerprint density at radius 3 is 2.38 bits per heavy atom. The van der Waals surface area contributed by atoms with Crippen LogP contribution in [0.25, 0.3) is 11.1 Å². The van der Waals surface area contributed by atoms with Crippen LogP contribution in [0.15, 0.2) is 66.9 Å². The van der Waals surface area contributed by atoms with E-state index in [1.165, 1.54) is 6.07 Å². The summed E-state index contributed by atoms with van der Waals surface area (Å²) in [6, 6.07) is 21.2. The summed E-state index contributed by atoms with van der Waals surface area (Å²) in [5.74, 6) is 0.331. The van der Waals surface area contributed by atoms with Crippen molar-refractivity contribution in [2.75, 3.05) is 5.32 Å². The second-order valence-corrected chi connectivity index (χ2v) is 5.81. The Labute approximate surface area is 150 Å². The molecule has 0 aliphatic heterocycles. The van der Waals surface area contributed by atoms with Gasteiger partial charge in [0.25, 0.3) is 5.69 Å². The normalized spacial score (nSPS) is 11.4. The number of nitro groups is 1. The number of pyridine rings is 1. The van der Waals surface area contributed by atoms with Gasteiger partial charge in [0.1, 0.15) is 23.6 Å². The van der Waals surface area contributed by atoms with E-state index in [0.717, 1.165) is 22.9 Å². The molecule has 2 aromatic carbocycles. The number of anilines is 1. The van der Waals surface area contributed by atoms with Crippen molar-refractivity contribution in [3.8, 4) is 17.2 Å². The van der Waals surface area contributed by atoms with Crippen molar-refractivity contribution in [3.05, 3.63) is 88.1 Å². The van der Waals surface area contributed by atoms with Gasteiger partial charge in [0, 0.05) is 12.1 Å². The lowest BCUT2D eigenvalue weighted by molar-refractivity contribution is -0.385. The number of rotatable bonds is 5. The fourth-order valence-corrected chi connectivity index (χ4v) is 2.64. The molecule has 6 heteroatoms. The van der Waals surface area contributed by atoms with E-state index in [-0.39, 0.29) is 17.3 Å². The molecule has 0 fully saturated rings. The van der Waals surface area contributed by atoms with Crippen molar-refractivity contribution in [1.29, 1.82) is 5.26 Å². The molecule has 1 N–H and O–H groups in total. The highest BCUT2D eigenvalue weighted by molar-refractivity contribution is 5.64. The minimum Gasteiger partial charge on any atom is -0.362 e. The first-order valence-corrected chi connectivity index (χ1v) is 8.05. The molecular formula is C20H16N4O2. The van der Waals surface area contributed by atoms with E-state index in [1.807, 2.05) is 55.5 Å². The van der Waals surface area contributed by atoms with E-state index in [4.69, 9.17) is 0 Å². The van der Waals surface area contributed by atoms with Gasteiger partial charge in [-0.3, -0.25) is 10.1 Å². The maximum Gasteiger partial charge on any atom is 0.289 e. The fraction of sp³-hybridized carbons (Fsp3) is 0.100. The maximum absolute atomic E-state index is 10.8. The smallest absolute Gasteiger partial charge is 0.289 e. The summed E-state index contributed by atoms with van der Waals surface area (Å²) in [5, 5.41) is 23.2. The van der Waals surface area contributed by atoms with Gasteiger partial charge >= 0.3 is 0 Å². The molecule has 0 saturated carbocycles. The molecule has 1 atom stereocenters. The van der Waals surface area contributed by atoms with Crippen LogP contribution >= 0.6 is 0 Å². The third-order valence-corrected chi connectivity index (χ3v) is 4.08. The predicted octanol–water partition coefficient (Wildman–Crippen LogP) is 4.70. The molecule has 3 rings (SSSR count). The Bertz CT molecular complexity index is 963. The number of hydrogen-bond acceptors (Lipinski definition) is 5. The molecule has 6 nitrogen and oxygen atoms in total. The molecule has 0 spiro atoms. The molecule has 0 bridgehead atoms. The van der Waals surface area contributed by atoms with Gasteiger partial charge in [0.15, 0.2) is 0 Å². The van der Waals surface area contributed by atoms with E-state index >= 15 is 0 Å². The van der Waals surface area contributed by atoms with Gasteiger partial charge in [0.05, 0.1) is 4.92 Å². The zero-order valence-corrected chi connectivity index (χ0v) is 14.1. The highest BCUT2D eigenvalue weighted by Crippen LogP contribution is 2.25. The SMILES string of the molecule is C[C@H](Nc1ncc([N+](=O)[O-])cc1C#N)c1ccc(-c2ccccc2)cc1. The molecule has 1 heterocycles. The monoisotopic (exact) mass is 344 g/mol. The first kappa shape index (κ1) is 17.1. The summed E-state index contributed by atoms with van der Waals surface area (Å²) >= 11 is 0. The lowest BCUT2D eigenvalue weighted by atomic mass is 10.0. The largest absolute Gasteiger partial charge is 0.362 e. The molecule has 0 radical (unpaired) electrons. The lowest BCUT2D eigenvalue weighted by Crippen LogP contribution is -2.09. The number of nitrogens with zero attached hydrogens (tertiary/aromatic N) is 3. The van der Waals surface area contributed by atoms with Crippen molar-refractivity contribution in [2.24, 2.45) is 0 Å². The van der Waals surface area contributed by atoms with Crippen LogP contribution in [0, 0.1) is 21.4 Å². The Hall–Kier alpha value is -3.72. The topological polar surface area (TPSA) is 91.8 Å². The third-order valence-electron chi connectivity index (χ3n) is 4.08. The Morgan fingerprint density at radius 2 is 1.77 bits per heavy atom. The van der Waals surface area contributed by atoms with Crippen LogP contribution in [0.1, 0.15) is 24.1 Å². The van der Waals surface area contributed by atoms with Crippen molar-refractivity contribution in [3.63, 3.8) is 0 Å². The quantitative estimate of drug-likeness (QED) is 0.535. The summed E-state index contributed by atoms with van der Waals surface area (Å²) in [4.78, 5) is 14.3. The molecule has 0 aliphatic carbocycles. The summed E-state index contributed by atoms with van der Waals surface area (Å²) in [7, 11) is 0. The van der Waals surface area contributed by atoms with Crippen LogP contribution in [0.4, 0.5) is 11.5 Å². The van der Waals surface area contributed by atoms with E-state index in [0.29, 0.717) is 5.82 Å². The molecular weight excluding hydrogens is 328 g/mol. The number of nitriles is 1. The van der Waals surface area contributed by atoms with E-state index in [1.54, 1.807) is 0 Å². The van der Waals surface area contributed by atoms with E-state index in [2.05, 4.69) is 22.4 Å². The fourth-order valence-electron chi connectivity index (χ4n) is 2.64. The minimum atomic E-state index is -0.566. The van der Waals surface area contributed by atoms with E-state index < -0.39 is 4.92 Å². The highest BCUT2D eigenvalue weighted by Gasteiger charge is 2.14. The Balaban J connectivity index is 1.79. The van der Waals surface area contributed by atoms with Crippen LogP contribution in [-0.4, -0.2) is 9.91 Å². The molecule has 0 unspecified atom stereocenters. The zero-order chi connectivity index (χ0) is 18.5. The molecule has 26 heavy (non-hydrogen) atoms. The average molecular weight is 344 g/mol. The molecule has 0 saturated heterocycles. The van der Waals surface area contributed by atoms with Gasteiger partial charge in [0.2, 0.25) is 0 Å². The van der Waals surface area contributed by atoms with Gasteiger partial charge in [-0.25, -0.2) is 4.98 Å². The van der Waals surface area contributed by atoms with Crippen molar-refractivity contribution >= 4 is 11.5 Å². The van der Waals surface area contributed by atoms with Gasteiger partial charge in [-0.05, 0) is 23.6 Å². The van der Waals surface area contributed by atoms with Crippen molar-refractivity contribution in [2.45, 2.75) is 13.0 Å². The lowest BCUT2D eigenvalue weighted by Gasteiger charge is -2.16. The minimum absolute atomic E-state index is 0.110. The molecule has 1 aromatic heterocycles. The van der Waals surface area contributed by atoms with Crippen molar-refractivity contribution < 1.29 is 4.92 Å². The average Bonchev–Trinajstić information content (AvgIpc) is 2.69. The first-order chi connectivity index (χ1) is 12.6. The van der Waals surface area contributed by atoms with Crippen molar-refractivity contribution in [1.82, 2.24) is 4.98 Å². The molecule has 3 aromatic rings. The van der Waals surface area contributed by atoms with Crippen LogP contribution in [0.3, 0.4) is 0 Å². The van der Waals surface area contributed by atoms with Crippen LogP contribution in [-0.2, 0) is 0 Å². The van der Waals surface area contributed by atoms with Crippen LogP contribution in [0.2, 0.25) is 0 Å². The standard InChI is InChI=1S/C20H16N4O2/c1-14(23-20-18(12-21)11-19(13-22-20)24(25)26)15-7-9-17(10-8-15)16-5-3-2-4-6-16/h2-11,13-14H,1H3,(H,22,23)/t14-/m0/s1. The Kier molecular flexibility index (Phi) is 4.90. The predicted molar refractivity (Wildman–Crippen MR) is 99.5 cm³/mol. The van der Waals surface area contributed by atoms with Gasteiger partial charge in [-0.1, -0.05) is 54.6 Å². The maximum atomic E-state index is 10.8. The summed E-state index contributed by atoms with van der Waals surface area (Å²) in [5.41, 5.74) is 3.23. The Morgan fingerprint density at radius 1 is 1.12 bits per heavy atom. The number of hydrogen-bond donors (Lipinski definition) is 1. The second kappa shape index (κ2) is 7.45. The molecule has 128 valence electrons. The highest BCUT2D eigenvalue weighted by atomic mass is 16.6. The third kappa shape index (κ3) is 3.68. The number of aromatic nitrogens is 1. The summed E-state index contributed by atoms with van der Waals surface area (Å²) in [6.45, 7) is 1.95. The number of benzene rings is 2. The first-order valence-electron chi connectivity index (χ1n) is 8.05.